The van der Waals surface area contributed by atoms with Crippen molar-refractivity contribution in [1.29, 1.82) is 0 Å². The van der Waals surface area contributed by atoms with E-state index in [9.17, 15) is 12.8 Å². The fourth-order valence-electron chi connectivity index (χ4n) is 1.09. The maximum Gasteiger partial charge on any atom is 0.182 e. The standard InChI is InChI=1S/C10H12FNO2S/c11-6-9(7-12)8-15(13,14)10-4-2-1-3-5-10/h1-6H,7-8,12H2/b9-6-. The molecule has 0 unspecified atom stereocenters. The Morgan fingerprint density at radius 2 is 1.93 bits per heavy atom. The number of hydrogen-bond acceptors (Lipinski definition) is 3. The molecular weight excluding hydrogens is 217 g/mol. The van der Waals surface area contributed by atoms with Crippen LogP contribution in [0.1, 0.15) is 0 Å². The Balaban J connectivity index is 2.95. The minimum atomic E-state index is -3.47. The van der Waals surface area contributed by atoms with E-state index in [1.807, 2.05) is 0 Å². The second kappa shape index (κ2) is 5.04. The predicted molar refractivity (Wildman–Crippen MR) is 56.7 cm³/mol. The zero-order valence-electron chi connectivity index (χ0n) is 8.06. The molecule has 0 bridgehead atoms. The minimum absolute atomic E-state index is 0.0684. The van der Waals surface area contributed by atoms with Crippen molar-refractivity contribution in [2.45, 2.75) is 4.90 Å². The van der Waals surface area contributed by atoms with Gasteiger partial charge < -0.3 is 5.73 Å². The van der Waals surface area contributed by atoms with E-state index in [4.69, 9.17) is 5.73 Å². The van der Waals surface area contributed by atoms with Crippen molar-refractivity contribution in [3.05, 3.63) is 42.2 Å². The van der Waals surface area contributed by atoms with Crippen LogP contribution < -0.4 is 5.73 Å². The van der Waals surface area contributed by atoms with Gasteiger partial charge in [-0.25, -0.2) is 12.8 Å². The van der Waals surface area contributed by atoms with Crippen LogP contribution in [0.25, 0.3) is 0 Å². The fourth-order valence-corrected chi connectivity index (χ4v) is 2.50. The largest absolute Gasteiger partial charge is 0.327 e. The number of nitrogens with two attached hydrogens (primary N) is 1. The zero-order valence-corrected chi connectivity index (χ0v) is 8.87. The van der Waals surface area contributed by atoms with Gasteiger partial charge in [-0.15, -0.1) is 0 Å². The first-order valence-corrected chi connectivity index (χ1v) is 6.01. The van der Waals surface area contributed by atoms with Gasteiger partial charge in [-0.1, -0.05) is 18.2 Å². The molecule has 1 aromatic rings. The molecule has 0 aliphatic carbocycles. The summed E-state index contributed by atoms with van der Waals surface area (Å²) in [7, 11) is -3.47. The highest BCUT2D eigenvalue weighted by Crippen LogP contribution is 2.12. The summed E-state index contributed by atoms with van der Waals surface area (Å²) < 4.78 is 35.6. The molecule has 0 amide bonds. The summed E-state index contributed by atoms with van der Waals surface area (Å²) in [5.74, 6) is -0.371. The zero-order chi connectivity index (χ0) is 11.3. The Labute approximate surface area is 88.3 Å². The van der Waals surface area contributed by atoms with Gasteiger partial charge in [0.15, 0.2) is 9.84 Å². The summed E-state index contributed by atoms with van der Waals surface area (Å²) >= 11 is 0. The summed E-state index contributed by atoms with van der Waals surface area (Å²) in [6.07, 6.45) is 0.250. The van der Waals surface area contributed by atoms with E-state index in [2.05, 4.69) is 0 Å². The molecule has 0 saturated carbocycles. The molecule has 0 fully saturated rings. The Hall–Kier alpha value is -1.20. The molecule has 0 spiro atoms. The normalized spacial score (nSPS) is 12.8. The highest BCUT2D eigenvalue weighted by atomic mass is 32.2. The first-order chi connectivity index (χ1) is 7.10. The third-order valence-corrected chi connectivity index (χ3v) is 3.64. The molecule has 15 heavy (non-hydrogen) atoms. The summed E-state index contributed by atoms with van der Waals surface area (Å²) in [5.41, 5.74) is 5.26. The Morgan fingerprint density at radius 1 is 1.33 bits per heavy atom. The molecule has 0 aliphatic heterocycles. The number of benzene rings is 1. The first-order valence-electron chi connectivity index (χ1n) is 4.36. The topological polar surface area (TPSA) is 60.2 Å². The van der Waals surface area contributed by atoms with Gasteiger partial charge in [-0.3, -0.25) is 0 Å². The van der Waals surface area contributed by atoms with Crippen LogP contribution in [-0.4, -0.2) is 20.7 Å². The predicted octanol–water partition coefficient (Wildman–Crippen LogP) is 1.27. The molecule has 0 aliphatic rings. The van der Waals surface area contributed by atoms with Gasteiger partial charge in [0.05, 0.1) is 17.0 Å². The van der Waals surface area contributed by atoms with Gasteiger partial charge in [-0.05, 0) is 17.7 Å². The number of sulfone groups is 1. The number of hydrogen-bond donors (Lipinski definition) is 1. The number of halogens is 1. The molecule has 0 saturated heterocycles. The highest BCUT2D eigenvalue weighted by molar-refractivity contribution is 7.91. The van der Waals surface area contributed by atoms with Gasteiger partial charge in [0, 0.05) is 6.54 Å². The monoisotopic (exact) mass is 229 g/mol. The van der Waals surface area contributed by atoms with Crippen molar-refractivity contribution in [2.24, 2.45) is 5.73 Å². The van der Waals surface area contributed by atoms with Crippen molar-refractivity contribution < 1.29 is 12.8 Å². The Kier molecular flexibility index (Phi) is 3.99. The second-order valence-electron chi connectivity index (χ2n) is 3.04. The van der Waals surface area contributed by atoms with Crippen molar-refractivity contribution in [1.82, 2.24) is 0 Å². The quantitative estimate of drug-likeness (QED) is 0.845. The lowest BCUT2D eigenvalue weighted by Crippen LogP contribution is -2.14. The van der Waals surface area contributed by atoms with E-state index < -0.39 is 9.84 Å². The van der Waals surface area contributed by atoms with Crippen LogP contribution in [0, 0.1) is 0 Å². The van der Waals surface area contributed by atoms with Crippen LogP contribution >= 0.6 is 0 Å². The lowest BCUT2D eigenvalue weighted by Gasteiger charge is -2.04. The van der Waals surface area contributed by atoms with Gasteiger partial charge in [0.2, 0.25) is 0 Å². The van der Waals surface area contributed by atoms with Gasteiger partial charge >= 0.3 is 0 Å². The van der Waals surface area contributed by atoms with Gasteiger partial charge in [0.25, 0.3) is 0 Å². The van der Waals surface area contributed by atoms with Crippen LogP contribution in [0.2, 0.25) is 0 Å². The Bertz CT molecular complexity index is 440. The van der Waals surface area contributed by atoms with E-state index >= 15 is 0 Å². The Morgan fingerprint density at radius 3 is 2.40 bits per heavy atom. The van der Waals surface area contributed by atoms with Gasteiger partial charge in [0.1, 0.15) is 0 Å². The van der Waals surface area contributed by atoms with Crippen molar-refractivity contribution in [3.8, 4) is 0 Å². The van der Waals surface area contributed by atoms with Crippen LogP contribution in [0.3, 0.4) is 0 Å². The van der Waals surface area contributed by atoms with E-state index in [1.165, 1.54) is 12.1 Å². The summed E-state index contributed by atoms with van der Waals surface area (Å²) in [6, 6.07) is 7.90. The number of rotatable bonds is 4. The van der Waals surface area contributed by atoms with Crippen molar-refractivity contribution >= 4 is 9.84 Å². The maximum atomic E-state index is 12.2. The van der Waals surface area contributed by atoms with E-state index in [0.717, 1.165) is 0 Å². The van der Waals surface area contributed by atoms with Crippen LogP contribution in [-0.2, 0) is 9.84 Å². The smallest absolute Gasteiger partial charge is 0.182 e. The lowest BCUT2D eigenvalue weighted by atomic mass is 10.3. The van der Waals surface area contributed by atoms with E-state index in [-0.39, 0.29) is 29.1 Å². The van der Waals surface area contributed by atoms with E-state index in [0.29, 0.717) is 0 Å². The summed E-state index contributed by atoms with van der Waals surface area (Å²) in [5, 5.41) is 0. The average Bonchev–Trinajstić information content (AvgIpc) is 2.27. The second-order valence-corrected chi connectivity index (χ2v) is 5.03. The molecule has 0 heterocycles. The molecule has 3 nitrogen and oxygen atoms in total. The summed E-state index contributed by atoms with van der Waals surface area (Å²) in [4.78, 5) is 0.179. The summed E-state index contributed by atoms with van der Waals surface area (Å²) in [6.45, 7) is -0.0947. The molecule has 0 aromatic heterocycles. The molecule has 0 radical (unpaired) electrons. The van der Waals surface area contributed by atoms with E-state index in [1.54, 1.807) is 18.2 Å². The maximum absolute atomic E-state index is 12.2. The average molecular weight is 229 g/mol. The highest BCUT2D eigenvalue weighted by Gasteiger charge is 2.15. The van der Waals surface area contributed by atoms with Crippen molar-refractivity contribution in [2.75, 3.05) is 12.3 Å². The van der Waals surface area contributed by atoms with Crippen molar-refractivity contribution in [3.63, 3.8) is 0 Å². The lowest BCUT2D eigenvalue weighted by molar-refractivity contribution is 0.596. The molecule has 0 atom stereocenters. The van der Waals surface area contributed by atoms with Crippen LogP contribution in [0.5, 0.6) is 0 Å². The fraction of sp³-hybridized carbons (Fsp3) is 0.200. The molecule has 2 N–H and O–H groups in total. The third kappa shape index (κ3) is 3.14. The molecule has 5 heteroatoms. The molecule has 1 rings (SSSR count). The van der Waals surface area contributed by atoms with Crippen LogP contribution in [0.4, 0.5) is 4.39 Å². The third-order valence-electron chi connectivity index (χ3n) is 1.89. The SMILES string of the molecule is NC/C(=C/F)CS(=O)(=O)c1ccccc1. The van der Waals surface area contributed by atoms with Crippen LogP contribution in [0.15, 0.2) is 47.1 Å². The first kappa shape index (κ1) is 11.9. The van der Waals surface area contributed by atoms with Gasteiger partial charge in [-0.2, -0.15) is 0 Å². The molecular formula is C10H12FNO2S. The minimum Gasteiger partial charge on any atom is -0.327 e. The molecule has 1 aromatic carbocycles. The molecule has 82 valence electrons.